The molecule has 5 aromatic carbocycles. The van der Waals surface area contributed by atoms with E-state index in [0.29, 0.717) is 166 Å². The van der Waals surface area contributed by atoms with Gasteiger partial charge in [0.1, 0.15) is 6.61 Å². The smallest absolute Gasteiger partial charge is 0.338 e. The maximum atomic E-state index is 13.5. The molecule has 0 spiro atoms. The third kappa shape index (κ3) is 33.7. The van der Waals surface area contributed by atoms with Crippen LogP contribution in [0.15, 0.2) is 173 Å². The van der Waals surface area contributed by atoms with Crippen LogP contribution in [-0.4, -0.2) is 300 Å². The van der Waals surface area contributed by atoms with Crippen molar-refractivity contribution < 1.29 is 125 Å². The highest BCUT2D eigenvalue weighted by Crippen LogP contribution is 2.51. The first kappa shape index (κ1) is 98.7. The van der Waals surface area contributed by atoms with Crippen LogP contribution in [0.4, 0.5) is 11.4 Å². The lowest BCUT2D eigenvalue weighted by Crippen LogP contribution is -2.35. The van der Waals surface area contributed by atoms with Gasteiger partial charge >= 0.3 is 5.97 Å². The van der Waals surface area contributed by atoms with Crippen molar-refractivity contribution in [3.05, 3.63) is 186 Å². The molecule has 0 aromatic heterocycles. The Labute approximate surface area is 701 Å². The number of anilines is 1. The SMILES string of the molecule is COCCOCCOCCOCC[N+]1=C(C=CC=CC=CC=C2N(CCOCCOCCOCCOCCC(=O)NCCNC(=O)c3ccc(C(=O)OC)c(P(c4ccccc4)c4ccccc4)c3)c3ccc(S(=O)(=O)O)cc3C2(C)CCOCCOCCOCCOC)C(C)(CCOCCOCCOCCOC)c2cc(S(=O)(=O)O)ccc21. The number of hydrogen-bond acceptors (Lipinski definition) is 25. The molecule has 656 valence electrons. The van der Waals surface area contributed by atoms with Gasteiger partial charge in [-0.2, -0.15) is 21.4 Å². The number of amides is 2. The molecule has 2 aliphatic heterocycles. The third-order valence-electron chi connectivity index (χ3n) is 19.2. The summed E-state index contributed by atoms with van der Waals surface area (Å²) in [4.78, 5) is 40.8. The monoisotopic (exact) mass is 1720 g/mol. The van der Waals surface area contributed by atoms with Gasteiger partial charge in [0.15, 0.2) is 12.3 Å². The molecule has 0 fully saturated rings. The van der Waals surface area contributed by atoms with Crippen LogP contribution in [0.2, 0.25) is 0 Å². The van der Waals surface area contributed by atoms with Crippen molar-refractivity contribution >= 4 is 78.9 Å². The molecule has 2 heterocycles. The number of ether oxygens (including phenoxy) is 17. The van der Waals surface area contributed by atoms with Gasteiger partial charge in [-0.25, -0.2) is 4.79 Å². The van der Waals surface area contributed by atoms with E-state index in [1.165, 1.54) is 31.4 Å². The average Bonchev–Trinajstić information content (AvgIpc) is 1.58. The van der Waals surface area contributed by atoms with Crippen molar-refractivity contribution in [3.63, 3.8) is 0 Å². The lowest BCUT2D eigenvalue weighted by Gasteiger charge is -2.30. The van der Waals surface area contributed by atoms with E-state index < -0.39 is 45.0 Å². The molecule has 2 aliphatic rings. The number of benzene rings is 5. The minimum atomic E-state index is -4.61. The normalized spacial score (nSPS) is 15.9. The van der Waals surface area contributed by atoms with E-state index in [1.54, 1.807) is 51.7 Å². The number of hydrogen-bond donors (Lipinski definition) is 4. The molecular formula is C86H120N4O26PS2+. The quantitative estimate of drug-likeness (QED) is 0.00741. The van der Waals surface area contributed by atoms with Crippen molar-refractivity contribution in [1.29, 1.82) is 0 Å². The van der Waals surface area contributed by atoms with Gasteiger partial charge in [-0.15, -0.1) is 0 Å². The number of methoxy groups -OCH3 is 4. The molecule has 0 bridgehead atoms. The predicted octanol–water partition coefficient (Wildman–Crippen LogP) is 7.28. The van der Waals surface area contributed by atoms with Crippen LogP contribution in [0.1, 0.15) is 65.0 Å². The van der Waals surface area contributed by atoms with Crippen molar-refractivity contribution in [2.24, 2.45) is 0 Å². The minimum Gasteiger partial charge on any atom is -0.465 e. The maximum absolute atomic E-state index is 13.5. The number of allylic oxidation sites excluding steroid dienone is 8. The number of fused-ring (bicyclic) bond motifs is 2. The zero-order valence-electron chi connectivity index (χ0n) is 69.3. The molecule has 5 aromatic rings. The molecule has 0 saturated heterocycles. The Balaban J connectivity index is 0.936. The number of carbonyl (C=O) groups is 3. The van der Waals surface area contributed by atoms with Gasteiger partial charge in [-0.3, -0.25) is 18.7 Å². The first-order valence-electron chi connectivity index (χ1n) is 39.8. The fraction of sp³-hybridized carbons (Fsp3) is 0.512. The molecule has 2 amide bonds. The number of nitrogens with one attached hydrogen (secondary N) is 2. The average molecular weight is 1720 g/mol. The third-order valence-corrected chi connectivity index (χ3v) is 23.3. The van der Waals surface area contributed by atoms with Crippen molar-refractivity contribution in [3.8, 4) is 0 Å². The van der Waals surface area contributed by atoms with E-state index in [-0.39, 0.29) is 120 Å². The zero-order valence-corrected chi connectivity index (χ0v) is 71.8. The molecular weight excluding hydrogens is 1600 g/mol. The minimum absolute atomic E-state index is 0.102. The van der Waals surface area contributed by atoms with Gasteiger partial charge in [-0.05, 0) is 105 Å². The molecule has 4 N–H and O–H groups in total. The van der Waals surface area contributed by atoms with Gasteiger partial charge in [0.2, 0.25) is 11.6 Å². The Morgan fingerprint density at radius 3 is 1.38 bits per heavy atom. The van der Waals surface area contributed by atoms with E-state index in [0.717, 1.165) is 33.4 Å². The Morgan fingerprint density at radius 1 is 0.454 bits per heavy atom. The highest BCUT2D eigenvalue weighted by molar-refractivity contribution is 7.86. The summed E-state index contributed by atoms with van der Waals surface area (Å²) < 4.78 is 169. The second-order valence-electron chi connectivity index (χ2n) is 27.4. The Hall–Kier alpha value is -7.45. The summed E-state index contributed by atoms with van der Waals surface area (Å²) in [5.74, 6) is -1.10. The van der Waals surface area contributed by atoms with Gasteiger partial charge in [-0.1, -0.05) is 91.0 Å². The first-order valence-corrected chi connectivity index (χ1v) is 44.1. The summed E-state index contributed by atoms with van der Waals surface area (Å²) in [6.45, 7) is 15.1. The van der Waals surface area contributed by atoms with E-state index >= 15 is 0 Å². The van der Waals surface area contributed by atoms with Crippen LogP contribution < -0.4 is 31.4 Å². The fourth-order valence-corrected chi connectivity index (χ4v) is 16.5. The molecule has 119 heavy (non-hydrogen) atoms. The van der Waals surface area contributed by atoms with Crippen molar-refractivity contribution in [2.75, 3.05) is 251 Å². The van der Waals surface area contributed by atoms with Crippen LogP contribution >= 0.6 is 7.92 Å². The Kier molecular flexibility index (Phi) is 46.1. The number of esters is 1. The van der Waals surface area contributed by atoms with Gasteiger partial charge in [0.05, 0.1) is 200 Å². The fourth-order valence-electron chi connectivity index (χ4n) is 13.0. The van der Waals surface area contributed by atoms with Crippen molar-refractivity contribution in [2.45, 2.75) is 53.7 Å². The molecule has 2 unspecified atom stereocenters. The summed E-state index contributed by atoms with van der Waals surface area (Å²) in [6.07, 6.45) is 14.2. The highest BCUT2D eigenvalue weighted by Gasteiger charge is 2.48. The Morgan fingerprint density at radius 2 is 0.882 bits per heavy atom. The Bertz CT molecular complexity index is 4190. The predicted molar refractivity (Wildman–Crippen MR) is 452 cm³/mol. The summed E-state index contributed by atoms with van der Waals surface area (Å²) in [6, 6.07) is 33.8. The van der Waals surface area contributed by atoms with Gasteiger partial charge in [0, 0.05) is 106 Å². The number of rotatable bonds is 65. The van der Waals surface area contributed by atoms with Gasteiger partial charge in [0.25, 0.3) is 26.1 Å². The van der Waals surface area contributed by atoms with Gasteiger partial charge < -0.3 is 96.1 Å². The van der Waals surface area contributed by atoms with Crippen LogP contribution in [0, 0.1) is 0 Å². The summed E-state index contributed by atoms with van der Waals surface area (Å²) in [5, 5.41) is 8.37. The van der Waals surface area contributed by atoms with Crippen LogP contribution in [0.25, 0.3) is 0 Å². The topological polar surface area (TPSA) is 347 Å². The maximum Gasteiger partial charge on any atom is 0.338 e. The molecule has 0 saturated carbocycles. The lowest BCUT2D eigenvalue weighted by molar-refractivity contribution is -0.442. The zero-order chi connectivity index (χ0) is 85.2. The van der Waals surface area contributed by atoms with E-state index in [9.17, 15) is 40.3 Å². The van der Waals surface area contributed by atoms with Crippen LogP contribution in [0.3, 0.4) is 0 Å². The standard InChI is InChI=1S/C86H119N4O26PS2/c1-85(31-38-105-49-54-113-61-58-109-45-42-100-3)75-67-72(118(94,95)96)25-28-77(75)89(35-40-107-51-56-115-63-60-111-47-44-102-5)80(85)22-16-8-7-9-17-23-81-86(2,32-39-106-50-55-114-62-59-110-46-43-101-4)76-68-73(119(97,98)99)26-29-78(76)90(81)36-41-108-52-57-116-65-64-112-53-48-104-37-30-82(91)87-33-34-88-83(92)69-24-27-74(84(93)103-6)79(66-69)117(70-18-12-10-13-19-70)71-20-14-11-15-21-71/h7-29,66-68H,30-65H2,1-6H3,(H3-,87,88,91,92,94,95,96,97,98,99)/p+1. The van der Waals surface area contributed by atoms with Crippen molar-refractivity contribution in [1.82, 2.24) is 10.6 Å². The second-order valence-corrected chi connectivity index (χ2v) is 32.4. The summed E-state index contributed by atoms with van der Waals surface area (Å²) >= 11 is 0. The van der Waals surface area contributed by atoms with Crippen LogP contribution in [0.5, 0.6) is 0 Å². The van der Waals surface area contributed by atoms with E-state index in [4.69, 9.17) is 80.5 Å². The molecule has 2 atom stereocenters. The molecule has 0 aliphatic carbocycles. The summed E-state index contributed by atoms with van der Waals surface area (Å²) in [5.41, 5.74) is 3.48. The molecule has 30 nitrogen and oxygen atoms in total. The molecule has 33 heteroatoms. The van der Waals surface area contributed by atoms with Crippen LogP contribution in [-0.2, 0) is 116 Å². The molecule has 7 rings (SSSR count). The molecule has 0 radical (unpaired) electrons. The highest BCUT2D eigenvalue weighted by atomic mass is 32.2. The number of nitrogens with zero attached hydrogens (tertiary/aromatic N) is 2. The second kappa shape index (κ2) is 55.5. The first-order chi connectivity index (χ1) is 57.8. The van der Waals surface area contributed by atoms with E-state index in [1.807, 2.05) is 117 Å². The summed E-state index contributed by atoms with van der Waals surface area (Å²) in [7, 11) is -4.27. The van der Waals surface area contributed by atoms with E-state index in [2.05, 4.69) is 20.1 Å². The lowest BCUT2D eigenvalue weighted by atomic mass is 9.76. The number of carbonyl (C=O) groups excluding carboxylic acids is 3. The largest absolute Gasteiger partial charge is 0.465 e.